The maximum absolute atomic E-state index is 9.77. The fourth-order valence-corrected chi connectivity index (χ4v) is 6.21. The Labute approximate surface area is 136 Å². The van der Waals surface area contributed by atoms with E-state index in [1.807, 2.05) is 34.0 Å². The number of hydrogen-bond acceptors (Lipinski definition) is 4. The van der Waals surface area contributed by atoms with E-state index in [1.54, 1.807) is 0 Å². The summed E-state index contributed by atoms with van der Waals surface area (Å²) in [7, 11) is 0. The molecule has 21 heavy (non-hydrogen) atoms. The monoisotopic (exact) mass is 332 g/mol. The normalized spacial score (nSPS) is 16.3. The molecule has 1 N–H and O–H groups in total. The molecule has 4 rings (SSSR count). The van der Waals surface area contributed by atoms with E-state index in [4.69, 9.17) is 0 Å². The molecule has 108 valence electrons. The second kappa shape index (κ2) is 5.06. The summed E-state index contributed by atoms with van der Waals surface area (Å²) in [5.41, 5.74) is 2.96. The number of fused-ring (bicyclic) bond motifs is 1. The molecule has 0 radical (unpaired) electrons. The zero-order valence-corrected chi connectivity index (χ0v) is 14.2. The molecule has 0 bridgehead atoms. The zero-order chi connectivity index (χ0) is 14.4. The van der Waals surface area contributed by atoms with Gasteiger partial charge >= 0.3 is 0 Å². The van der Waals surface area contributed by atoms with E-state index in [9.17, 15) is 5.11 Å². The van der Waals surface area contributed by atoms with Crippen LogP contribution in [0.15, 0.2) is 35.0 Å². The lowest BCUT2D eigenvalue weighted by Gasteiger charge is -2.20. The van der Waals surface area contributed by atoms with Crippen molar-refractivity contribution in [3.63, 3.8) is 0 Å². The minimum atomic E-state index is 0.0106. The Morgan fingerprint density at radius 1 is 1.00 bits per heavy atom. The molecule has 1 nitrogen and oxygen atoms in total. The molecule has 0 aromatic carbocycles. The Hall–Kier alpha value is -0.940. The molecule has 3 heterocycles. The summed E-state index contributed by atoms with van der Waals surface area (Å²) in [5.74, 6) is 0. The average molecular weight is 333 g/mol. The highest BCUT2D eigenvalue weighted by Crippen LogP contribution is 2.52. The van der Waals surface area contributed by atoms with Gasteiger partial charge < -0.3 is 5.11 Å². The van der Waals surface area contributed by atoms with E-state index < -0.39 is 0 Å². The highest BCUT2D eigenvalue weighted by atomic mass is 32.1. The van der Waals surface area contributed by atoms with Gasteiger partial charge in [0.1, 0.15) is 0 Å². The van der Waals surface area contributed by atoms with Crippen LogP contribution in [0.25, 0.3) is 19.5 Å². The molecule has 1 aliphatic carbocycles. The van der Waals surface area contributed by atoms with Crippen molar-refractivity contribution in [2.24, 2.45) is 5.41 Å². The molecule has 0 fully saturated rings. The van der Waals surface area contributed by atoms with Gasteiger partial charge in [0.05, 0.1) is 0 Å². The van der Waals surface area contributed by atoms with Crippen LogP contribution in [-0.2, 0) is 12.8 Å². The van der Waals surface area contributed by atoms with Crippen molar-refractivity contribution in [3.05, 3.63) is 46.2 Å². The third-order valence-corrected chi connectivity index (χ3v) is 7.57. The van der Waals surface area contributed by atoms with Crippen molar-refractivity contribution in [1.82, 2.24) is 0 Å². The first-order valence-corrected chi connectivity index (χ1v) is 9.61. The number of thiophene rings is 3. The molecule has 0 unspecified atom stereocenters. The van der Waals surface area contributed by atoms with Gasteiger partial charge in [-0.2, -0.15) is 0 Å². The van der Waals surface area contributed by atoms with Crippen LogP contribution >= 0.6 is 34.0 Å². The molecule has 0 spiro atoms. The largest absolute Gasteiger partial charge is 0.396 e. The second-order valence-corrected chi connectivity index (χ2v) is 8.91. The standard InChI is InChI=1S/C17H16OS3/c1-17(10-18)8-11-12(9-17)16(14-5-3-7-20-14)21-15(11)13-4-2-6-19-13/h2-7,18H,8-10H2,1H3. The van der Waals surface area contributed by atoms with Crippen molar-refractivity contribution >= 4 is 34.0 Å². The Kier molecular flexibility index (Phi) is 3.30. The predicted octanol–water partition coefficient (Wildman–Crippen LogP) is 5.30. The topological polar surface area (TPSA) is 20.2 Å². The maximum atomic E-state index is 9.77. The molecule has 3 aromatic heterocycles. The van der Waals surface area contributed by atoms with Gasteiger partial charge in [-0.05, 0) is 52.3 Å². The fraction of sp³-hybridized carbons (Fsp3) is 0.294. The van der Waals surface area contributed by atoms with Crippen molar-refractivity contribution < 1.29 is 5.11 Å². The molecule has 0 amide bonds. The van der Waals surface area contributed by atoms with Crippen LogP contribution in [0, 0.1) is 5.41 Å². The van der Waals surface area contributed by atoms with Crippen molar-refractivity contribution in [3.8, 4) is 19.5 Å². The predicted molar refractivity (Wildman–Crippen MR) is 93.5 cm³/mol. The van der Waals surface area contributed by atoms with Gasteiger partial charge in [-0.1, -0.05) is 19.1 Å². The van der Waals surface area contributed by atoms with Gasteiger partial charge in [-0.25, -0.2) is 0 Å². The SMILES string of the molecule is CC1(CO)Cc2c(-c3cccs3)sc(-c3cccs3)c2C1. The number of rotatable bonds is 3. The first kappa shape index (κ1) is 13.7. The van der Waals surface area contributed by atoms with Crippen LogP contribution in [0.2, 0.25) is 0 Å². The van der Waals surface area contributed by atoms with Crippen LogP contribution in [0.4, 0.5) is 0 Å². The molecule has 0 saturated heterocycles. The van der Waals surface area contributed by atoms with Crippen LogP contribution in [-0.4, -0.2) is 11.7 Å². The highest BCUT2D eigenvalue weighted by Gasteiger charge is 2.37. The Balaban J connectivity index is 1.90. The molecular weight excluding hydrogens is 316 g/mol. The minimum Gasteiger partial charge on any atom is -0.396 e. The summed E-state index contributed by atoms with van der Waals surface area (Å²) in [6.07, 6.45) is 1.99. The van der Waals surface area contributed by atoms with Crippen LogP contribution in [0.1, 0.15) is 18.1 Å². The fourth-order valence-electron chi connectivity index (χ4n) is 3.11. The third-order valence-electron chi connectivity index (χ3n) is 4.20. The van der Waals surface area contributed by atoms with Gasteiger partial charge in [0.15, 0.2) is 0 Å². The Morgan fingerprint density at radius 3 is 1.90 bits per heavy atom. The first-order valence-electron chi connectivity index (χ1n) is 7.03. The Bertz CT molecular complexity index is 692. The van der Waals surface area contributed by atoms with E-state index >= 15 is 0 Å². The summed E-state index contributed by atoms with van der Waals surface area (Å²) in [5, 5.41) is 14.1. The van der Waals surface area contributed by atoms with E-state index in [0.717, 1.165) is 12.8 Å². The highest BCUT2D eigenvalue weighted by molar-refractivity contribution is 7.26. The van der Waals surface area contributed by atoms with Gasteiger partial charge in [0.2, 0.25) is 0 Å². The first-order chi connectivity index (χ1) is 10.2. The second-order valence-electron chi connectivity index (χ2n) is 5.99. The molecule has 4 heteroatoms. The molecule has 1 aliphatic rings. The van der Waals surface area contributed by atoms with Crippen LogP contribution in [0.5, 0.6) is 0 Å². The van der Waals surface area contributed by atoms with Gasteiger partial charge in [0.25, 0.3) is 0 Å². The molecule has 3 aromatic rings. The van der Waals surface area contributed by atoms with Gasteiger partial charge in [0, 0.05) is 26.1 Å². The Morgan fingerprint density at radius 2 is 1.52 bits per heavy atom. The third kappa shape index (κ3) is 2.21. The lowest BCUT2D eigenvalue weighted by molar-refractivity contribution is 0.152. The smallest absolute Gasteiger partial charge is 0.0491 e. The molecule has 0 saturated carbocycles. The summed E-state index contributed by atoms with van der Waals surface area (Å²) < 4.78 is 0. The van der Waals surface area contributed by atoms with E-state index in [0.29, 0.717) is 0 Å². The maximum Gasteiger partial charge on any atom is 0.0491 e. The molecular formula is C17H16OS3. The van der Waals surface area contributed by atoms with Crippen LogP contribution in [0.3, 0.4) is 0 Å². The van der Waals surface area contributed by atoms with E-state index in [-0.39, 0.29) is 12.0 Å². The van der Waals surface area contributed by atoms with E-state index in [1.165, 1.54) is 30.6 Å². The lowest BCUT2D eigenvalue weighted by atomic mass is 9.88. The summed E-state index contributed by atoms with van der Waals surface area (Å²) in [4.78, 5) is 5.56. The lowest BCUT2D eigenvalue weighted by Crippen LogP contribution is -2.21. The van der Waals surface area contributed by atoms with Crippen molar-refractivity contribution in [1.29, 1.82) is 0 Å². The number of aliphatic hydroxyl groups excluding tert-OH is 1. The van der Waals surface area contributed by atoms with Gasteiger partial charge in [-0.15, -0.1) is 34.0 Å². The van der Waals surface area contributed by atoms with Crippen molar-refractivity contribution in [2.75, 3.05) is 6.61 Å². The summed E-state index contributed by atoms with van der Waals surface area (Å²) in [6, 6.07) is 8.67. The molecule has 0 aliphatic heterocycles. The summed E-state index contributed by atoms with van der Waals surface area (Å²) >= 11 is 5.55. The van der Waals surface area contributed by atoms with Crippen molar-refractivity contribution in [2.45, 2.75) is 19.8 Å². The van der Waals surface area contributed by atoms with Gasteiger partial charge in [-0.3, -0.25) is 0 Å². The van der Waals surface area contributed by atoms with Crippen LogP contribution < -0.4 is 0 Å². The van der Waals surface area contributed by atoms with E-state index in [2.05, 4.69) is 41.9 Å². The minimum absolute atomic E-state index is 0.0106. The average Bonchev–Trinajstić information content (AvgIpc) is 3.22. The number of aliphatic hydroxyl groups is 1. The quantitative estimate of drug-likeness (QED) is 0.690. The summed E-state index contributed by atoms with van der Waals surface area (Å²) in [6.45, 7) is 2.47. The molecule has 0 atom stereocenters. The zero-order valence-electron chi connectivity index (χ0n) is 11.8. The number of hydrogen-bond donors (Lipinski definition) is 1.